The molecule has 0 fully saturated rings. The Morgan fingerprint density at radius 1 is 0.897 bits per heavy atom. The van der Waals surface area contributed by atoms with Gasteiger partial charge in [0.1, 0.15) is 5.70 Å². The molecule has 6 nitrogen and oxygen atoms in total. The smallest absolute Gasteiger partial charge is 0.355 e. The molecule has 0 saturated carbocycles. The molecule has 0 unspecified atom stereocenters. The van der Waals surface area contributed by atoms with E-state index < -0.39 is 11.9 Å². The number of ether oxygens (including phenoxy) is 2. The monoisotopic (exact) mass is 386 g/mol. The summed E-state index contributed by atoms with van der Waals surface area (Å²) >= 11 is 0. The highest BCUT2D eigenvalue weighted by atomic mass is 16.5. The van der Waals surface area contributed by atoms with E-state index in [1.807, 2.05) is 48.5 Å². The second-order valence-corrected chi connectivity index (χ2v) is 6.35. The molecule has 0 saturated heterocycles. The maximum atomic E-state index is 12.7. The summed E-state index contributed by atoms with van der Waals surface area (Å²) in [6, 6.07) is 15.6. The van der Waals surface area contributed by atoms with Crippen molar-refractivity contribution in [3.63, 3.8) is 0 Å². The van der Waals surface area contributed by atoms with Gasteiger partial charge >= 0.3 is 11.9 Å². The van der Waals surface area contributed by atoms with Gasteiger partial charge in [-0.25, -0.2) is 14.6 Å². The highest BCUT2D eigenvalue weighted by molar-refractivity contribution is 6.08. The minimum atomic E-state index is -0.653. The van der Waals surface area contributed by atoms with Crippen molar-refractivity contribution in [1.29, 1.82) is 0 Å². The number of carbonyl (C=O) groups is 2. The molecule has 29 heavy (non-hydrogen) atoms. The Bertz CT molecular complexity index is 1220. The molecule has 1 aliphatic rings. The molecule has 0 atom stereocenters. The number of pyridine rings is 1. The van der Waals surface area contributed by atoms with E-state index >= 15 is 0 Å². The summed E-state index contributed by atoms with van der Waals surface area (Å²) in [4.78, 5) is 31.4. The third kappa shape index (κ3) is 3.25. The molecule has 0 N–H and O–H groups in total. The molecule has 2 heterocycles. The Balaban J connectivity index is 2.00. The van der Waals surface area contributed by atoms with Crippen LogP contribution in [0.25, 0.3) is 21.8 Å². The van der Waals surface area contributed by atoms with E-state index in [4.69, 9.17) is 14.5 Å². The number of hydrogen-bond acceptors (Lipinski definition) is 6. The van der Waals surface area contributed by atoms with Gasteiger partial charge in [-0.15, -0.1) is 0 Å². The van der Waals surface area contributed by atoms with E-state index in [1.165, 1.54) is 20.3 Å². The number of anilines is 1. The number of carbonyl (C=O) groups excluding carboxylic acids is 2. The van der Waals surface area contributed by atoms with Gasteiger partial charge in [-0.3, -0.25) is 0 Å². The summed E-state index contributed by atoms with van der Waals surface area (Å²) in [5, 5.41) is 1.93. The molecule has 144 valence electrons. The summed E-state index contributed by atoms with van der Waals surface area (Å²) in [5.41, 5.74) is 2.34. The maximum Gasteiger partial charge on any atom is 0.355 e. The molecule has 3 aromatic rings. The van der Waals surface area contributed by atoms with Crippen LogP contribution in [0.5, 0.6) is 0 Å². The zero-order valence-electron chi connectivity index (χ0n) is 16.0. The number of para-hydroxylation sites is 2. The van der Waals surface area contributed by atoms with Crippen LogP contribution in [0.15, 0.2) is 84.2 Å². The van der Waals surface area contributed by atoms with E-state index in [0.717, 1.165) is 16.3 Å². The molecule has 1 aliphatic heterocycles. The van der Waals surface area contributed by atoms with E-state index in [0.29, 0.717) is 11.2 Å². The Kier molecular flexibility index (Phi) is 4.83. The summed E-state index contributed by atoms with van der Waals surface area (Å²) in [6.45, 7) is 0. The van der Waals surface area contributed by atoms with Crippen LogP contribution in [0.4, 0.5) is 5.69 Å². The van der Waals surface area contributed by atoms with Gasteiger partial charge in [0, 0.05) is 17.0 Å². The zero-order valence-corrected chi connectivity index (χ0v) is 16.0. The fourth-order valence-corrected chi connectivity index (χ4v) is 3.33. The van der Waals surface area contributed by atoms with Crippen LogP contribution in [0.3, 0.4) is 0 Å². The summed E-state index contributed by atoms with van der Waals surface area (Å²) < 4.78 is 9.84. The van der Waals surface area contributed by atoms with Crippen molar-refractivity contribution in [2.24, 2.45) is 0 Å². The largest absolute Gasteiger partial charge is 0.465 e. The molecule has 2 aromatic carbocycles. The summed E-state index contributed by atoms with van der Waals surface area (Å²) in [6.07, 6.45) is 6.63. The van der Waals surface area contributed by atoms with Gasteiger partial charge < -0.3 is 14.4 Å². The van der Waals surface area contributed by atoms with E-state index in [1.54, 1.807) is 23.3 Å². The maximum absolute atomic E-state index is 12.7. The fraction of sp³-hybridized carbons (Fsp3) is 0.0870. The summed E-state index contributed by atoms with van der Waals surface area (Å²) in [5.74, 6) is -1.28. The lowest BCUT2D eigenvalue weighted by atomic mass is 10.1. The first-order valence-corrected chi connectivity index (χ1v) is 8.97. The minimum absolute atomic E-state index is 0.0619. The van der Waals surface area contributed by atoms with E-state index in [2.05, 4.69) is 0 Å². The Morgan fingerprint density at radius 3 is 2.45 bits per heavy atom. The number of methoxy groups -OCH3 is 2. The van der Waals surface area contributed by atoms with Gasteiger partial charge in [0.05, 0.1) is 36.5 Å². The fourth-order valence-electron chi connectivity index (χ4n) is 3.33. The third-order valence-electron chi connectivity index (χ3n) is 4.67. The first kappa shape index (κ1) is 18.4. The van der Waals surface area contributed by atoms with Crippen molar-refractivity contribution in [2.75, 3.05) is 19.1 Å². The number of rotatable bonds is 3. The molecule has 0 bridgehead atoms. The Hall–Kier alpha value is -3.93. The van der Waals surface area contributed by atoms with Crippen LogP contribution in [-0.4, -0.2) is 31.1 Å². The Morgan fingerprint density at radius 2 is 1.66 bits per heavy atom. The molecule has 0 radical (unpaired) electrons. The number of aromatic nitrogens is 1. The van der Waals surface area contributed by atoms with Gasteiger partial charge in [-0.05, 0) is 30.4 Å². The predicted molar refractivity (Wildman–Crippen MR) is 111 cm³/mol. The lowest BCUT2D eigenvalue weighted by molar-refractivity contribution is -0.139. The van der Waals surface area contributed by atoms with Crippen LogP contribution < -0.4 is 4.90 Å². The third-order valence-corrected chi connectivity index (χ3v) is 4.67. The van der Waals surface area contributed by atoms with Gasteiger partial charge in [0.2, 0.25) is 0 Å². The van der Waals surface area contributed by atoms with E-state index in [9.17, 15) is 9.59 Å². The normalized spacial score (nSPS) is 13.7. The molecule has 1 aromatic heterocycles. The SMILES string of the molecule is COC(=O)C1=C(C(=O)OC)N(c2cccc3cc4ccccc4nc23)C=CC=C1. The molecule has 0 spiro atoms. The average Bonchev–Trinajstić information content (AvgIpc) is 2.99. The lowest BCUT2D eigenvalue weighted by Crippen LogP contribution is -2.27. The van der Waals surface area contributed by atoms with Crippen molar-refractivity contribution in [2.45, 2.75) is 0 Å². The van der Waals surface area contributed by atoms with Crippen molar-refractivity contribution >= 4 is 39.4 Å². The number of allylic oxidation sites excluding steroid dienone is 2. The molecule has 0 amide bonds. The topological polar surface area (TPSA) is 68.7 Å². The molecule has 0 aliphatic carbocycles. The number of hydrogen-bond donors (Lipinski definition) is 0. The standard InChI is InChI=1S/C23H18N2O4/c1-28-22(26)17-10-5-6-13-25(21(17)23(27)29-2)19-12-7-9-16-14-15-8-3-4-11-18(15)24-20(16)19/h3-14H,1-2H3. The lowest BCUT2D eigenvalue weighted by Gasteiger charge is -2.24. The van der Waals surface area contributed by atoms with Gasteiger partial charge in [-0.2, -0.15) is 0 Å². The number of fused-ring (bicyclic) bond motifs is 2. The first-order valence-electron chi connectivity index (χ1n) is 8.97. The number of esters is 2. The molecular weight excluding hydrogens is 368 g/mol. The van der Waals surface area contributed by atoms with E-state index in [-0.39, 0.29) is 11.3 Å². The average molecular weight is 386 g/mol. The van der Waals surface area contributed by atoms with Crippen molar-refractivity contribution < 1.29 is 19.1 Å². The highest BCUT2D eigenvalue weighted by Crippen LogP contribution is 2.33. The van der Waals surface area contributed by atoms with Crippen molar-refractivity contribution in [3.05, 3.63) is 84.2 Å². The van der Waals surface area contributed by atoms with Crippen LogP contribution in [-0.2, 0) is 19.1 Å². The zero-order chi connectivity index (χ0) is 20.4. The highest BCUT2D eigenvalue weighted by Gasteiger charge is 2.28. The second-order valence-electron chi connectivity index (χ2n) is 6.35. The van der Waals surface area contributed by atoms with Crippen molar-refractivity contribution in [3.8, 4) is 0 Å². The van der Waals surface area contributed by atoms with Crippen LogP contribution in [0.2, 0.25) is 0 Å². The molecular formula is C23H18N2O4. The first-order chi connectivity index (χ1) is 14.1. The molecule has 4 rings (SSSR count). The second kappa shape index (κ2) is 7.59. The molecule has 6 heteroatoms. The van der Waals surface area contributed by atoms with Crippen LogP contribution >= 0.6 is 0 Å². The van der Waals surface area contributed by atoms with Crippen LogP contribution in [0.1, 0.15) is 0 Å². The van der Waals surface area contributed by atoms with Crippen molar-refractivity contribution in [1.82, 2.24) is 4.98 Å². The Labute approximate surface area is 167 Å². The number of benzene rings is 2. The number of nitrogens with zero attached hydrogens (tertiary/aromatic N) is 2. The predicted octanol–water partition coefficient (Wildman–Crippen LogP) is 3.88. The van der Waals surface area contributed by atoms with Gasteiger partial charge in [0.15, 0.2) is 0 Å². The summed E-state index contributed by atoms with van der Waals surface area (Å²) in [7, 11) is 2.54. The van der Waals surface area contributed by atoms with Crippen LogP contribution in [0, 0.1) is 0 Å². The quantitative estimate of drug-likeness (QED) is 0.503. The minimum Gasteiger partial charge on any atom is -0.465 e. The van der Waals surface area contributed by atoms with Gasteiger partial charge in [-0.1, -0.05) is 36.4 Å². The van der Waals surface area contributed by atoms with Gasteiger partial charge in [0.25, 0.3) is 0 Å².